The van der Waals surface area contributed by atoms with Crippen molar-refractivity contribution in [3.63, 3.8) is 0 Å². The molecule has 2 N–H and O–H groups in total. The Balaban J connectivity index is 1.37. The first kappa shape index (κ1) is 48.3. The van der Waals surface area contributed by atoms with Gasteiger partial charge in [0, 0.05) is 18.7 Å². The molecule has 1 spiro atoms. The average Bonchev–Trinajstić information content (AvgIpc) is 3.83. The first-order valence-electron chi connectivity index (χ1n) is 24.9. The second kappa shape index (κ2) is 21.1. The Bertz CT molecular complexity index is 2690. The first-order chi connectivity index (χ1) is 34.1. The van der Waals surface area contributed by atoms with E-state index in [1.54, 1.807) is 44.2 Å². The predicted molar refractivity (Wildman–Crippen MR) is 263 cm³/mol. The van der Waals surface area contributed by atoms with E-state index < -0.39 is 77.3 Å². The van der Waals surface area contributed by atoms with Crippen molar-refractivity contribution in [1.82, 2.24) is 15.1 Å². The molecule has 13 nitrogen and oxygen atoms in total. The van der Waals surface area contributed by atoms with Crippen LogP contribution in [0.3, 0.4) is 0 Å². The van der Waals surface area contributed by atoms with Gasteiger partial charge in [0.1, 0.15) is 36.0 Å². The number of amides is 4. The highest BCUT2D eigenvalue weighted by atomic mass is 16.6. The van der Waals surface area contributed by atoms with Crippen molar-refractivity contribution in [2.75, 3.05) is 38.3 Å². The van der Waals surface area contributed by atoms with Gasteiger partial charge in [-0.2, -0.15) is 0 Å². The van der Waals surface area contributed by atoms with E-state index in [2.05, 4.69) is 23.2 Å². The van der Waals surface area contributed by atoms with Crippen LogP contribution in [0.5, 0.6) is 5.75 Å². The number of ether oxygens (including phenoxy) is 3. The van der Waals surface area contributed by atoms with Crippen LogP contribution in [-0.4, -0.2) is 90.2 Å². The number of hydrogen-bond donors (Lipinski definition) is 2. The topological polar surface area (TPSA) is 155 Å². The normalized spacial score (nSPS) is 24.8. The fourth-order valence-corrected chi connectivity index (χ4v) is 11.5. The van der Waals surface area contributed by atoms with Crippen LogP contribution in [0.4, 0.5) is 10.5 Å². The summed E-state index contributed by atoms with van der Waals surface area (Å²) >= 11 is 0. The highest BCUT2D eigenvalue weighted by Gasteiger charge is 2.76. The summed E-state index contributed by atoms with van der Waals surface area (Å²) < 4.78 is 17.9. The number of rotatable bonds is 10. The SMILES string of the molecule is COC(=O)[C@@H](NC(=O)N1C(=O)[C@@]2(c3cc(C#CC4=CCCCC4)ccc31)[C@H](C(=O)N1CCCCCCC1)[C@H]1C(=O)O[C@H](c3ccccc3)[C@H](c3ccccc3)N1[C@@H]2c1cccc(OCCO)c1)C(C)C. The summed E-state index contributed by atoms with van der Waals surface area (Å²) in [5, 5.41) is 12.7. The lowest BCUT2D eigenvalue weighted by atomic mass is 9.64. The zero-order valence-electron chi connectivity index (χ0n) is 40.2. The number of aliphatic hydroxyl groups is 1. The number of likely N-dealkylation sites (tertiary alicyclic amines) is 1. The third-order valence-electron chi connectivity index (χ3n) is 14.7. The van der Waals surface area contributed by atoms with Crippen LogP contribution in [0.15, 0.2) is 115 Å². The van der Waals surface area contributed by atoms with Crippen molar-refractivity contribution in [1.29, 1.82) is 0 Å². The van der Waals surface area contributed by atoms with Crippen LogP contribution in [0.1, 0.15) is 118 Å². The van der Waals surface area contributed by atoms with Crippen LogP contribution in [0.2, 0.25) is 0 Å². The molecule has 0 unspecified atom stereocenters. The number of esters is 2. The van der Waals surface area contributed by atoms with E-state index in [0.717, 1.165) is 73.8 Å². The van der Waals surface area contributed by atoms with Gasteiger partial charge in [-0.3, -0.25) is 19.3 Å². The average molecular weight is 947 g/mol. The van der Waals surface area contributed by atoms with Gasteiger partial charge in [-0.1, -0.05) is 124 Å². The van der Waals surface area contributed by atoms with Gasteiger partial charge in [0.2, 0.25) is 11.8 Å². The van der Waals surface area contributed by atoms with Gasteiger partial charge in [-0.15, -0.1) is 0 Å². The van der Waals surface area contributed by atoms with Gasteiger partial charge in [0.05, 0.1) is 37.4 Å². The summed E-state index contributed by atoms with van der Waals surface area (Å²) in [5.74, 6) is 2.77. The Morgan fingerprint density at radius 1 is 0.814 bits per heavy atom. The predicted octanol–water partition coefficient (Wildman–Crippen LogP) is 8.28. The number of nitrogens with zero attached hydrogens (tertiary/aromatic N) is 3. The van der Waals surface area contributed by atoms with Gasteiger partial charge in [-0.25, -0.2) is 14.5 Å². The number of imide groups is 1. The molecule has 4 aromatic carbocycles. The molecule has 0 aromatic heterocycles. The summed E-state index contributed by atoms with van der Waals surface area (Å²) in [5.41, 5.74) is 2.13. The molecule has 7 atom stereocenters. The molecule has 364 valence electrons. The minimum atomic E-state index is -2.01. The molecule has 4 aromatic rings. The molecule has 70 heavy (non-hydrogen) atoms. The zero-order chi connectivity index (χ0) is 48.9. The number of benzene rings is 4. The van der Waals surface area contributed by atoms with Crippen molar-refractivity contribution in [2.45, 2.75) is 107 Å². The van der Waals surface area contributed by atoms with Crippen molar-refractivity contribution in [3.8, 4) is 17.6 Å². The van der Waals surface area contributed by atoms with Gasteiger partial charge < -0.3 is 29.5 Å². The van der Waals surface area contributed by atoms with Crippen LogP contribution in [-0.2, 0) is 34.1 Å². The third kappa shape index (κ3) is 8.99. The number of cyclic esters (lactones) is 1. The van der Waals surface area contributed by atoms with Crippen molar-refractivity contribution < 1.29 is 43.3 Å². The van der Waals surface area contributed by atoms with E-state index in [4.69, 9.17) is 14.2 Å². The molecule has 4 heterocycles. The summed E-state index contributed by atoms with van der Waals surface area (Å²) in [6.45, 7) is 4.10. The first-order valence-corrected chi connectivity index (χ1v) is 24.9. The lowest BCUT2D eigenvalue weighted by Gasteiger charge is -2.46. The summed E-state index contributed by atoms with van der Waals surface area (Å²) in [6, 6.07) is 26.3. The Morgan fingerprint density at radius 2 is 1.51 bits per heavy atom. The molecular weight excluding hydrogens is 885 g/mol. The van der Waals surface area contributed by atoms with Crippen LogP contribution in [0.25, 0.3) is 0 Å². The monoisotopic (exact) mass is 946 g/mol. The van der Waals surface area contributed by atoms with Crippen LogP contribution in [0, 0.1) is 23.7 Å². The summed E-state index contributed by atoms with van der Waals surface area (Å²) in [7, 11) is 1.24. The number of allylic oxidation sites excluding steroid dienone is 2. The molecule has 5 aliphatic rings. The molecule has 4 amide bonds. The number of carbonyl (C=O) groups is 5. The number of nitrogens with one attached hydrogen (secondary N) is 1. The molecule has 4 aliphatic heterocycles. The molecule has 0 saturated carbocycles. The second-order valence-corrected chi connectivity index (χ2v) is 19.3. The Hall–Kier alpha value is -6.75. The smallest absolute Gasteiger partial charge is 0.329 e. The second-order valence-electron chi connectivity index (χ2n) is 19.3. The highest BCUT2D eigenvalue weighted by Crippen LogP contribution is 2.66. The molecule has 0 radical (unpaired) electrons. The van der Waals surface area contributed by atoms with E-state index in [9.17, 15) is 9.90 Å². The Kier molecular flexibility index (Phi) is 14.5. The summed E-state index contributed by atoms with van der Waals surface area (Å²) in [4.78, 5) is 82.1. The number of methoxy groups -OCH3 is 1. The quantitative estimate of drug-likeness (QED) is 0.117. The number of urea groups is 1. The molecule has 9 rings (SSSR count). The number of anilines is 1. The maximum atomic E-state index is 16.8. The van der Waals surface area contributed by atoms with Crippen molar-refractivity contribution >= 4 is 35.5 Å². The van der Waals surface area contributed by atoms with Gasteiger partial charge in [-0.05, 0) is 103 Å². The number of aliphatic hydroxyl groups excluding tert-OH is 1. The maximum Gasteiger partial charge on any atom is 0.329 e. The molecule has 1 aliphatic carbocycles. The number of morpholine rings is 1. The van der Waals surface area contributed by atoms with Gasteiger partial charge in [0.15, 0.2) is 0 Å². The Morgan fingerprint density at radius 3 is 2.19 bits per heavy atom. The van der Waals surface area contributed by atoms with Crippen molar-refractivity contribution in [3.05, 3.63) is 143 Å². The Labute approximate surface area is 410 Å². The zero-order valence-corrected chi connectivity index (χ0v) is 40.2. The van der Waals surface area contributed by atoms with E-state index in [1.807, 2.05) is 82.6 Å². The van der Waals surface area contributed by atoms with E-state index in [0.29, 0.717) is 41.1 Å². The molecular formula is C57H62N4O9. The van der Waals surface area contributed by atoms with E-state index in [-0.39, 0.29) is 18.9 Å². The lowest BCUT2D eigenvalue weighted by molar-refractivity contribution is -0.179. The third-order valence-corrected chi connectivity index (χ3v) is 14.7. The van der Waals surface area contributed by atoms with Gasteiger partial charge in [0.25, 0.3) is 0 Å². The minimum Gasteiger partial charge on any atom is -0.491 e. The van der Waals surface area contributed by atoms with Crippen LogP contribution < -0.4 is 15.0 Å². The van der Waals surface area contributed by atoms with E-state index in [1.165, 1.54) is 7.11 Å². The fourth-order valence-electron chi connectivity index (χ4n) is 11.5. The van der Waals surface area contributed by atoms with Crippen molar-refractivity contribution in [2.24, 2.45) is 11.8 Å². The number of fused-ring (bicyclic) bond motifs is 3. The largest absolute Gasteiger partial charge is 0.491 e. The fraction of sp³-hybridized carbons (Fsp3) is 0.421. The molecule has 13 heteroatoms. The lowest BCUT2D eigenvalue weighted by Crippen LogP contribution is -2.58. The number of hydrogen-bond acceptors (Lipinski definition) is 10. The van der Waals surface area contributed by atoms with E-state index >= 15 is 19.2 Å². The molecule has 0 bridgehead atoms. The highest BCUT2D eigenvalue weighted by molar-refractivity contribution is 6.25. The number of carbonyl (C=O) groups excluding carboxylic acids is 5. The minimum absolute atomic E-state index is 0.0118. The van der Waals surface area contributed by atoms with Gasteiger partial charge >= 0.3 is 18.0 Å². The maximum absolute atomic E-state index is 16.8. The summed E-state index contributed by atoms with van der Waals surface area (Å²) in [6.07, 6.45) is 9.49. The standard InChI is InChI=1S/C57H62N4O9/c1-37(2)47(53(64)68-3)58-56(67)60-45-30-29-39(28-27-38-19-10-7-11-20-38)35-44(45)57(55(60)66)46(52(63)59-31-16-5-4-6-17-32-59)49-54(65)70-50(41-23-14-9-15-24-41)48(40-21-12-8-13-22-40)61(49)51(57)42-25-18-26-43(36-42)69-34-33-62/h8-9,12-15,18-19,21-26,29-30,35-37,46-51,62H,4-7,10-11,16-17,20,31-34H2,1-3H3,(H,58,67)/t46-,47-,48-,49-,50+,51+,57-/m0/s1. The molecule has 3 fully saturated rings. The molecule has 3 saturated heterocycles. The van der Waals surface area contributed by atoms with Crippen LogP contribution >= 0.6 is 0 Å².